The summed E-state index contributed by atoms with van der Waals surface area (Å²) in [6.07, 6.45) is 0. The minimum absolute atomic E-state index is 0.158. The van der Waals surface area contributed by atoms with Gasteiger partial charge in [-0.25, -0.2) is 0 Å². The summed E-state index contributed by atoms with van der Waals surface area (Å²) in [5.74, 6) is -1.26. The normalized spacial score (nSPS) is 20.2. The van der Waals surface area contributed by atoms with Gasteiger partial charge in [-0.15, -0.1) is 11.3 Å². The van der Waals surface area contributed by atoms with Gasteiger partial charge in [-0.05, 0) is 18.6 Å². The van der Waals surface area contributed by atoms with Crippen molar-refractivity contribution >= 4 is 23.2 Å². The lowest BCUT2D eigenvalue weighted by Gasteiger charge is -2.16. The van der Waals surface area contributed by atoms with Crippen molar-refractivity contribution in [2.45, 2.75) is 12.8 Å². The number of carboxylic acid groups (broad SMARTS) is 1. The molecule has 5 nitrogen and oxygen atoms in total. The molecule has 2 aromatic rings. The summed E-state index contributed by atoms with van der Waals surface area (Å²) in [5, 5.41) is 9.56. The first-order chi connectivity index (χ1) is 11.5. The van der Waals surface area contributed by atoms with Crippen LogP contribution in [0.1, 0.15) is 26.0 Å². The first kappa shape index (κ1) is 16.5. The van der Waals surface area contributed by atoms with Gasteiger partial charge in [0, 0.05) is 23.9 Å². The van der Waals surface area contributed by atoms with Gasteiger partial charge in [-0.2, -0.15) is 0 Å². The number of benzene rings is 1. The van der Waals surface area contributed by atoms with Crippen LogP contribution in [-0.2, 0) is 4.79 Å². The molecule has 0 spiro atoms. The Kier molecular flexibility index (Phi) is 4.57. The maximum atomic E-state index is 12.8. The zero-order valence-corrected chi connectivity index (χ0v) is 14.4. The minimum Gasteiger partial charge on any atom is -0.495 e. The van der Waals surface area contributed by atoms with Crippen molar-refractivity contribution in [3.8, 4) is 5.75 Å². The number of aliphatic carboxylic acids is 1. The number of carbonyl (C=O) groups excluding carboxylic acids is 1. The van der Waals surface area contributed by atoms with Gasteiger partial charge in [0.25, 0.3) is 5.91 Å². The van der Waals surface area contributed by atoms with Crippen molar-refractivity contribution in [2.24, 2.45) is 5.92 Å². The lowest BCUT2D eigenvalue weighted by Crippen LogP contribution is -2.29. The summed E-state index contributed by atoms with van der Waals surface area (Å²) in [6.45, 7) is 2.54. The number of rotatable bonds is 4. The van der Waals surface area contributed by atoms with Crippen molar-refractivity contribution in [1.82, 2.24) is 4.90 Å². The number of aryl methyl sites for hydroxylation is 1. The Labute approximate surface area is 144 Å². The number of hydrogen-bond donors (Lipinski definition) is 1. The fraction of sp³-hybridized carbons (Fsp3) is 0.333. The third-order valence-corrected chi connectivity index (χ3v) is 5.41. The van der Waals surface area contributed by atoms with E-state index in [1.165, 1.54) is 18.4 Å². The lowest BCUT2D eigenvalue weighted by molar-refractivity contribution is -0.141. The summed E-state index contributed by atoms with van der Waals surface area (Å²) in [5.41, 5.74) is 0.953. The van der Waals surface area contributed by atoms with E-state index < -0.39 is 11.9 Å². The monoisotopic (exact) mass is 345 g/mol. The van der Waals surface area contributed by atoms with E-state index in [1.807, 2.05) is 43.3 Å². The van der Waals surface area contributed by atoms with Crippen molar-refractivity contribution in [2.75, 3.05) is 20.2 Å². The van der Waals surface area contributed by atoms with Crippen LogP contribution in [0.25, 0.3) is 0 Å². The Morgan fingerprint density at radius 2 is 1.96 bits per heavy atom. The third kappa shape index (κ3) is 3.01. The largest absolute Gasteiger partial charge is 0.495 e. The number of hydrogen-bond acceptors (Lipinski definition) is 4. The zero-order valence-electron chi connectivity index (χ0n) is 13.6. The smallest absolute Gasteiger partial charge is 0.308 e. The molecule has 0 aliphatic carbocycles. The highest BCUT2D eigenvalue weighted by Crippen LogP contribution is 2.36. The second-order valence-electron chi connectivity index (χ2n) is 5.93. The van der Waals surface area contributed by atoms with E-state index in [1.54, 1.807) is 4.90 Å². The molecule has 1 fully saturated rings. The summed E-state index contributed by atoms with van der Waals surface area (Å²) in [7, 11) is 1.54. The molecule has 0 saturated carbocycles. The highest BCUT2D eigenvalue weighted by Gasteiger charge is 2.41. The van der Waals surface area contributed by atoms with Crippen LogP contribution < -0.4 is 4.74 Å². The molecular formula is C18H19NO4S. The average molecular weight is 345 g/mol. The molecule has 0 unspecified atom stereocenters. The number of nitrogens with zero attached hydrogens (tertiary/aromatic N) is 1. The predicted octanol–water partition coefficient (Wildman–Crippen LogP) is 3.01. The molecule has 1 aromatic heterocycles. The number of carboxylic acids is 1. The summed E-state index contributed by atoms with van der Waals surface area (Å²) in [6, 6.07) is 11.4. The SMILES string of the molecule is COc1cc(C)sc1C(=O)N1C[C@H](C(=O)O)[C@H](c2ccccc2)C1. The molecule has 1 aliphatic heterocycles. The summed E-state index contributed by atoms with van der Waals surface area (Å²) in [4.78, 5) is 27.7. The van der Waals surface area contributed by atoms with Crippen LogP contribution in [0.3, 0.4) is 0 Å². The number of likely N-dealkylation sites (tertiary alicyclic amines) is 1. The van der Waals surface area contributed by atoms with Gasteiger partial charge in [-0.1, -0.05) is 30.3 Å². The maximum absolute atomic E-state index is 12.8. The van der Waals surface area contributed by atoms with Crippen LogP contribution in [-0.4, -0.2) is 42.1 Å². The number of methoxy groups -OCH3 is 1. The third-order valence-electron chi connectivity index (χ3n) is 4.39. The Balaban J connectivity index is 1.87. The molecule has 24 heavy (non-hydrogen) atoms. The van der Waals surface area contributed by atoms with E-state index in [2.05, 4.69) is 0 Å². The van der Waals surface area contributed by atoms with Crippen molar-refractivity contribution in [1.29, 1.82) is 0 Å². The molecule has 0 radical (unpaired) electrons. The topological polar surface area (TPSA) is 66.8 Å². The molecular weight excluding hydrogens is 326 g/mol. The molecule has 126 valence electrons. The second kappa shape index (κ2) is 6.65. The maximum Gasteiger partial charge on any atom is 0.308 e. The molecule has 0 bridgehead atoms. The van der Waals surface area contributed by atoms with Crippen molar-refractivity contribution < 1.29 is 19.4 Å². The van der Waals surface area contributed by atoms with Gasteiger partial charge in [0.1, 0.15) is 10.6 Å². The fourth-order valence-corrected chi connectivity index (χ4v) is 4.14. The molecule has 6 heteroatoms. The van der Waals surface area contributed by atoms with Gasteiger partial charge in [0.15, 0.2) is 0 Å². The molecule has 1 saturated heterocycles. The Hall–Kier alpha value is -2.34. The molecule has 2 heterocycles. The van der Waals surface area contributed by atoms with Crippen LogP contribution in [0.15, 0.2) is 36.4 Å². The molecule has 1 aromatic carbocycles. The Morgan fingerprint density at radius 1 is 1.25 bits per heavy atom. The number of amides is 1. The average Bonchev–Trinajstić information content (AvgIpc) is 3.18. The summed E-state index contributed by atoms with van der Waals surface area (Å²) < 4.78 is 5.28. The van der Waals surface area contributed by atoms with E-state index in [9.17, 15) is 14.7 Å². The van der Waals surface area contributed by atoms with Crippen LogP contribution in [0.5, 0.6) is 5.75 Å². The van der Waals surface area contributed by atoms with Crippen LogP contribution in [0, 0.1) is 12.8 Å². The second-order valence-corrected chi connectivity index (χ2v) is 7.18. The van der Waals surface area contributed by atoms with E-state index in [4.69, 9.17) is 4.74 Å². The molecule has 1 aliphatic rings. The predicted molar refractivity (Wildman–Crippen MR) is 91.8 cm³/mol. The molecule has 2 atom stereocenters. The molecule has 1 N–H and O–H groups in total. The van der Waals surface area contributed by atoms with Crippen molar-refractivity contribution in [3.05, 3.63) is 51.7 Å². The van der Waals surface area contributed by atoms with Crippen LogP contribution >= 0.6 is 11.3 Å². The van der Waals surface area contributed by atoms with Crippen LogP contribution in [0.4, 0.5) is 0 Å². The van der Waals surface area contributed by atoms with E-state index in [-0.39, 0.29) is 18.4 Å². The first-order valence-electron chi connectivity index (χ1n) is 7.72. The molecule has 3 rings (SSSR count). The summed E-state index contributed by atoms with van der Waals surface area (Å²) >= 11 is 1.38. The Morgan fingerprint density at radius 3 is 2.58 bits per heavy atom. The van der Waals surface area contributed by atoms with Gasteiger partial charge in [0.2, 0.25) is 0 Å². The lowest BCUT2D eigenvalue weighted by atomic mass is 9.89. The van der Waals surface area contributed by atoms with Crippen molar-refractivity contribution in [3.63, 3.8) is 0 Å². The van der Waals surface area contributed by atoms with Gasteiger partial charge >= 0.3 is 5.97 Å². The number of carbonyl (C=O) groups is 2. The fourth-order valence-electron chi connectivity index (χ4n) is 3.19. The van der Waals surface area contributed by atoms with Gasteiger partial charge < -0.3 is 14.7 Å². The standard InChI is InChI=1S/C18H19NO4S/c1-11-8-15(23-2)16(24-11)17(20)19-9-13(14(10-19)18(21)22)12-6-4-3-5-7-12/h3-8,13-14H,9-10H2,1-2H3,(H,21,22)/t13-,14-/m0/s1. The number of thiophene rings is 1. The van der Waals surface area contributed by atoms with Crippen LogP contribution in [0.2, 0.25) is 0 Å². The minimum atomic E-state index is -0.867. The van der Waals surface area contributed by atoms with E-state index in [0.29, 0.717) is 17.2 Å². The zero-order chi connectivity index (χ0) is 17.3. The highest BCUT2D eigenvalue weighted by molar-refractivity contribution is 7.14. The first-order valence-corrected chi connectivity index (χ1v) is 8.54. The quantitative estimate of drug-likeness (QED) is 0.925. The van der Waals surface area contributed by atoms with Gasteiger partial charge in [-0.3, -0.25) is 9.59 Å². The van der Waals surface area contributed by atoms with E-state index in [0.717, 1.165) is 10.4 Å². The Bertz CT molecular complexity index is 756. The highest BCUT2D eigenvalue weighted by atomic mass is 32.1. The molecule has 1 amide bonds. The van der Waals surface area contributed by atoms with Gasteiger partial charge in [0.05, 0.1) is 13.0 Å². The van der Waals surface area contributed by atoms with E-state index >= 15 is 0 Å². The number of ether oxygens (including phenoxy) is 1.